The third kappa shape index (κ3) is 2.60. The Balaban J connectivity index is 1.39. The Morgan fingerprint density at radius 2 is 2.19 bits per heavy atom. The molecule has 21 heavy (non-hydrogen) atoms. The highest BCUT2D eigenvalue weighted by atomic mass is 16.5. The number of carbonyl (C=O) groups excluding carboxylic acids is 1. The van der Waals surface area contributed by atoms with Crippen molar-refractivity contribution in [3.05, 3.63) is 40.6 Å². The predicted octanol–water partition coefficient (Wildman–Crippen LogP) is 3.12. The third-order valence-electron chi connectivity index (χ3n) is 4.20. The molecule has 0 spiro atoms. The van der Waals surface area contributed by atoms with E-state index in [1.165, 1.54) is 19.3 Å². The van der Waals surface area contributed by atoms with Gasteiger partial charge in [0.25, 0.3) is 0 Å². The number of nitrogens with zero attached hydrogens (tertiary/aromatic N) is 1. The van der Waals surface area contributed by atoms with Crippen LogP contribution in [0.2, 0.25) is 0 Å². The molecule has 5 heteroatoms. The van der Waals surface area contributed by atoms with Gasteiger partial charge in [-0.1, -0.05) is 0 Å². The number of nitrogens with one attached hydrogen (secondary N) is 1. The fourth-order valence-electron chi connectivity index (χ4n) is 2.85. The lowest BCUT2D eigenvalue weighted by atomic mass is 9.99. The fraction of sp³-hybridized carbons (Fsp3) is 0.500. The quantitative estimate of drug-likeness (QED) is 0.877. The van der Waals surface area contributed by atoms with Crippen molar-refractivity contribution >= 4 is 5.97 Å². The number of carbonyl (C=O) groups is 1. The number of aromatic amines is 1. The predicted molar refractivity (Wildman–Crippen MR) is 75.0 cm³/mol. The van der Waals surface area contributed by atoms with Crippen molar-refractivity contribution < 1.29 is 13.9 Å². The average molecular weight is 286 g/mol. The highest BCUT2D eigenvalue weighted by Crippen LogP contribution is 2.39. The Labute approximate surface area is 122 Å². The van der Waals surface area contributed by atoms with Gasteiger partial charge in [0, 0.05) is 12.3 Å². The number of aryl methyl sites for hydroxylation is 2. The Bertz CT molecular complexity index is 643. The van der Waals surface area contributed by atoms with Crippen LogP contribution in [0, 0.1) is 0 Å². The van der Waals surface area contributed by atoms with Crippen LogP contribution in [0.15, 0.2) is 16.5 Å². The lowest BCUT2D eigenvalue weighted by molar-refractivity contribution is 0.0429. The molecule has 4 rings (SSSR count). The molecule has 0 atom stereocenters. The molecule has 0 bridgehead atoms. The van der Waals surface area contributed by atoms with Crippen molar-refractivity contribution in [2.75, 3.05) is 0 Å². The normalized spacial score (nSPS) is 17.5. The second-order valence-electron chi connectivity index (χ2n) is 5.93. The molecule has 110 valence electrons. The van der Waals surface area contributed by atoms with E-state index in [0.29, 0.717) is 11.7 Å². The summed E-state index contributed by atoms with van der Waals surface area (Å²) in [7, 11) is 0. The van der Waals surface area contributed by atoms with E-state index < -0.39 is 5.97 Å². The summed E-state index contributed by atoms with van der Waals surface area (Å²) in [5.41, 5.74) is 3.07. The summed E-state index contributed by atoms with van der Waals surface area (Å²) in [6.45, 7) is 0.212. The molecule has 5 nitrogen and oxygen atoms in total. The molecule has 2 aromatic rings. The minimum absolute atomic E-state index is 0.212. The first-order valence-corrected chi connectivity index (χ1v) is 7.62. The van der Waals surface area contributed by atoms with Gasteiger partial charge in [-0.2, -0.15) is 5.10 Å². The van der Waals surface area contributed by atoms with Crippen molar-refractivity contribution in [3.8, 4) is 0 Å². The number of H-pyrrole nitrogens is 1. The third-order valence-corrected chi connectivity index (χ3v) is 4.20. The minimum atomic E-state index is -0.396. The van der Waals surface area contributed by atoms with Gasteiger partial charge in [-0.25, -0.2) is 4.79 Å². The zero-order valence-corrected chi connectivity index (χ0v) is 11.9. The zero-order valence-electron chi connectivity index (χ0n) is 11.9. The van der Waals surface area contributed by atoms with Gasteiger partial charge < -0.3 is 9.15 Å². The zero-order chi connectivity index (χ0) is 14.2. The van der Waals surface area contributed by atoms with E-state index in [4.69, 9.17) is 9.15 Å². The van der Waals surface area contributed by atoms with Crippen LogP contribution >= 0.6 is 0 Å². The Hall–Kier alpha value is -2.04. The van der Waals surface area contributed by atoms with Gasteiger partial charge in [0.05, 0.1) is 11.4 Å². The summed E-state index contributed by atoms with van der Waals surface area (Å²) in [6, 6.07) is 3.82. The van der Waals surface area contributed by atoms with Gasteiger partial charge in [-0.3, -0.25) is 5.10 Å². The molecule has 0 unspecified atom stereocenters. The fourth-order valence-corrected chi connectivity index (χ4v) is 2.85. The molecule has 1 fully saturated rings. The van der Waals surface area contributed by atoms with Crippen LogP contribution in [0.3, 0.4) is 0 Å². The first kappa shape index (κ1) is 12.7. The van der Waals surface area contributed by atoms with Crippen molar-refractivity contribution in [2.24, 2.45) is 0 Å². The number of aromatic nitrogens is 2. The molecule has 2 aromatic heterocycles. The van der Waals surface area contributed by atoms with E-state index in [2.05, 4.69) is 10.2 Å². The van der Waals surface area contributed by atoms with Gasteiger partial charge >= 0.3 is 5.97 Å². The molecule has 0 saturated heterocycles. The smallest absolute Gasteiger partial charge is 0.374 e. The maximum atomic E-state index is 12.0. The Morgan fingerprint density at radius 1 is 1.33 bits per heavy atom. The molecule has 2 aliphatic carbocycles. The maximum Gasteiger partial charge on any atom is 0.374 e. The molecule has 0 radical (unpaired) electrons. The molecular weight excluding hydrogens is 268 g/mol. The highest BCUT2D eigenvalue weighted by molar-refractivity contribution is 5.86. The first-order chi connectivity index (χ1) is 10.3. The molecular formula is C16H18N2O3. The Morgan fingerprint density at radius 3 is 3.00 bits per heavy atom. The van der Waals surface area contributed by atoms with E-state index in [1.54, 1.807) is 0 Å². The van der Waals surface area contributed by atoms with Gasteiger partial charge in [0.2, 0.25) is 5.76 Å². The van der Waals surface area contributed by atoms with Crippen LogP contribution in [0.25, 0.3) is 0 Å². The average Bonchev–Trinajstić information content (AvgIpc) is 3.09. The molecule has 0 aromatic carbocycles. The van der Waals surface area contributed by atoms with Gasteiger partial charge in [0.1, 0.15) is 12.4 Å². The summed E-state index contributed by atoms with van der Waals surface area (Å²) in [5, 5.41) is 7.17. The number of ether oxygens (including phenoxy) is 1. The van der Waals surface area contributed by atoms with Crippen LogP contribution < -0.4 is 0 Å². The van der Waals surface area contributed by atoms with Gasteiger partial charge in [0.15, 0.2) is 0 Å². The van der Waals surface area contributed by atoms with Gasteiger partial charge in [-0.05, 0) is 49.8 Å². The lowest BCUT2D eigenvalue weighted by Gasteiger charge is -2.07. The van der Waals surface area contributed by atoms with Gasteiger partial charge in [-0.15, -0.1) is 0 Å². The van der Waals surface area contributed by atoms with Crippen LogP contribution in [-0.4, -0.2) is 16.2 Å². The number of hydrogen-bond acceptors (Lipinski definition) is 4. The highest BCUT2D eigenvalue weighted by Gasteiger charge is 2.26. The molecule has 2 aliphatic rings. The largest absolute Gasteiger partial charge is 0.454 e. The summed E-state index contributed by atoms with van der Waals surface area (Å²) in [5.74, 6) is 1.48. The van der Waals surface area contributed by atoms with Crippen LogP contribution in [0.4, 0.5) is 0 Å². The second kappa shape index (κ2) is 5.06. The van der Waals surface area contributed by atoms with E-state index in [1.807, 2.05) is 12.1 Å². The summed E-state index contributed by atoms with van der Waals surface area (Å²) in [4.78, 5) is 12.0. The molecule has 0 aliphatic heterocycles. The van der Waals surface area contributed by atoms with Crippen LogP contribution in [0.5, 0.6) is 0 Å². The summed E-state index contributed by atoms with van der Waals surface area (Å²) < 4.78 is 10.9. The monoisotopic (exact) mass is 286 g/mol. The maximum absolute atomic E-state index is 12.0. The van der Waals surface area contributed by atoms with Crippen molar-refractivity contribution in [1.82, 2.24) is 10.2 Å². The summed E-state index contributed by atoms with van der Waals surface area (Å²) >= 11 is 0. The number of furan rings is 1. The number of fused-ring (bicyclic) bond motifs is 1. The van der Waals surface area contributed by atoms with Crippen molar-refractivity contribution in [2.45, 2.75) is 51.0 Å². The molecule has 2 heterocycles. The minimum Gasteiger partial charge on any atom is -0.454 e. The SMILES string of the molecule is O=C(OCc1cc(C2CC2)n[nH]1)c1cc2c(o1)CCCC2. The Kier molecular flexibility index (Phi) is 3.05. The molecule has 0 amide bonds. The second-order valence-corrected chi connectivity index (χ2v) is 5.93. The molecule has 1 saturated carbocycles. The molecule has 1 N–H and O–H groups in total. The first-order valence-electron chi connectivity index (χ1n) is 7.62. The number of hydrogen-bond donors (Lipinski definition) is 1. The van der Waals surface area contributed by atoms with E-state index in [0.717, 1.165) is 42.0 Å². The van der Waals surface area contributed by atoms with Crippen LogP contribution in [0.1, 0.15) is 64.9 Å². The number of rotatable bonds is 4. The van der Waals surface area contributed by atoms with Crippen molar-refractivity contribution in [1.29, 1.82) is 0 Å². The standard InChI is InChI=1S/C16H18N2O3/c19-16(15-7-11-3-1-2-4-14(11)21-15)20-9-12-8-13(18-17-12)10-5-6-10/h7-8,10H,1-6,9H2,(H,17,18). The lowest BCUT2D eigenvalue weighted by Crippen LogP contribution is -2.04. The van der Waals surface area contributed by atoms with E-state index in [-0.39, 0.29) is 6.61 Å². The van der Waals surface area contributed by atoms with Crippen LogP contribution in [-0.2, 0) is 24.2 Å². The van der Waals surface area contributed by atoms with E-state index >= 15 is 0 Å². The van der Waals surface area contributed by atoms with E-state index in [9.17, 15) is 4.79 Å². The summed E-state index contributed by atoms with van der Waals surface area (Å²) in [6.07, 6.45) is 6.64. The van der Waals surface area contributed by atoms with Crippen molar-refractivity contribution in [3.63, 3.8) is 0 Å². The topological polar surface area (TPSA) is 68.1 Å². The number of esters is 1.